The largest absolute Gasteiger partial charge is 0.327 e. The number of aromatic amines is 1. The van der Waals surface area contributed by atoms with Gasteiger partial charge in [0, 0.05) is 23.3 Å². The Labute approximate surface area is 90.6 Å². The van der Waals surface area contributed by atoms with Crippen LogP contribution in [0.2, 0.25) is 0 Å². The van der Waals surface area contributed by atoms with Gasteiger partial charge in [0.05, 0.1) is 18.6 Å². The zero-order valence-electron chi connectivity index (χ0n) is 8.30. The van der Waals surface area contributed by atoms with E-state index < -0.39 is 0 Å². The molecule has 0 aromatic carbocycles. The van der Waals surface area contributed by atoms with Crippen LogP contribution in [0.15, 0.2) is 22.7 Å². The number of rotatable bonds is 3. The Kier molecular flexibility index (Phi) is 2.70. The molecule has 5 nitrogen and oxygen atoms in total. The molecule has 0 aliphatic rings. The highest BCUT2D eigenvalue weighted by Crippen LogP contribution is 2.10. The Balaban J connectivity index is 2.24. The molecule has 0 aliphatic heterocycles. The lowest BCUT2D eigenvalue weighted by Gasteiger charge is -2.09. The van der Waals surface area contributed by atoms with Crippen LogP contribution in [0.4, 0.5) is 0 Å². The van der Waals surface area contributed by atoms with Crippen molar-refractivity contribution < 1.29 is 0 Å². The third-order valence-corrected chi connectivity index (χ3v) is 2.84. The molecular weight excluding hydrogens is 212 g/mol. The molecule has 3 N–H and O–H groups in total. The van der Waals surface area contributed by atoms with Gasteiger partial charge < -0.3 is 15.3 Å². The van der Waals surface area contributed by atoms with Gasteiger partial charge in [0.2, 0.25) is 0 Å². The summed E-state index contributed by atoms with van der Waals surface area (Å²) in [4.78, 5) is 17.7. The first-order valence-corrected chi connectivity index (χ1v) is 5.47. The average molecular weight is 224 g/mol. The molecule has 2 aromatic rings. The standard InChI is InChI=1S/C9H12N4OS/c1-6(10)8-2-11-5-13(8)3-7-4-15-9(14)12-7/h2,4-6H,3,10H2,1H3,(H,12,14). The van der Waals surface area contributed by atoms with Crippen LogP contribution in [0.1, 0.15) is 24.4 Å². The van der Waals surface area contributed by atoms with E-state index >= 15 is 0 Å². The third kappa shape index (κ3) is 2.16. The van der Waals surface area contributed by atoms with Gasteiger partial charge in [0.15, 0.2) is 0 Å². The first-order chi connectivity index (χ1) is 7.16. The van der Waals surface area contributed by atoms with E-state index in [0.29, 0.717) is 6.54 Å². The molecule has 0 radical (unpaired) electrons. The predicted molar refractivity (Wildman–Crippen MR) is 58.9 cm³/mol. The van der Waals surface area contributed by atoms with Gasteiger partial charge >= 0.3 is 4.87 Å². The van der Waals surface area contributed by atoms with Gasteiger partial charge in [-0.25, -0.2) is 4.98 Å². The highest BCUT2D eigenvalue weighted by Gasteiger charge is 2.07. The second-order valence-electron chi connectivity index (χ2n) is 3.41. The van der Waals surface area contributed by atoms with Gasteiger partial charge in [0.1, 0.15) is 0 Å². The molecule has 0 fully saturated rings. The van der Waals surface area contributed by atoms with E-state index in [4.69, 9.17) is 5.73 Å². The minimum Gasteiger partial charge on any atom is -0.327 e. The quantitative estimate of drug-likeness (QED) is 0.805. The number of hydrogen-bond donors (Lipinski definition) is 2. The van der Waals surface area contributed by atoms with Crippen LogP contribution in [-0.4, -0.2) is 14.5 Å². The van der Waals surface area contributed by atoms with Gasteiger partial charge in [-0.2, -0.15) is 0 Å². The van der Waals surface area contributed by atoms with Gasteiger partial charge in [0.25, 0.3) is 0 Å². The average Bonchev–Trinajstić information content (AvgIpc) is 2.75. The fraction of sp³-hybridized carbons (Fsp3) is 0.333. The molecule has 6 heteroatoms. The number of H-pyrrole nitrogens is 1. The minimum atomic E-state index is -0.0575. The fourth-order valence-electron chi connectivity index (χ4n) is 1.42. The molecule has 2 aromatic heterocycles. The van der Waals surface area contributed by atoms with Crippen LogP contribution in [0.5, 0.6) is 0 Å². The normalized spacial score (nSPS) is 12.9. The molecule has 0 saturated carbocycles. The summed E-state index contributed by atoms with van der Waals surface area (Å²) in [7, 11) is 0. The highest BCUT2D eigenvalue weighted by atomic mass is 32.1. The van der Waals surface area contributed by atoms with Gasteiger partial charge in [-0.05, 0) is 6.92 Å². The van der Waals surface area contributed by atoms with Crippen LogP contribution in [-0.2, 0) is 6.54 Å². The van der Waals surface area contributed by atoms with Crippen LogP contribution in [0, 0.1) is 0 Å². The summed E-state index contributed by atoms with van der Waals surface area (Å²) in [5.41, 5.74) is 7.63. The molecule has 0 aliphatic carbocycles. The Morgan fingerprint density at radius 2 is 2.53 bits per heavy atom. The zero-order chi connectivity index (χ0) is 10.8. The molecule has 15 heavy (non-hydrogen) atoms. The van der Waals surface area contributed by atoms with Crippen LogP contribution in [0.25, 0.3) is 0 Å². The lowest BCUT2D eigenvalue weighted by molar-refractivity contribution is 0.667. The number of imidazole rings is 1. The maximum Gasteiger partial charge on any atom is 0.304 e. The van der Waals surface area contributed by atoms with Gasteiger partial charge in [-0.3, -0.25) is 4.79 Å². The first kappa shape index (κ1) is 10.1. The molecule has 0 amide bonds. The number of nitrogens with one attached hydrogen (secondary N) is 1. The van der Waals surface area contributed by atoms with Crippen molar-refractivity contribution in [2.45, 2.75) is 19.5 Å². The summed E-state index contributed by atoms with van der Waals surface area (Å²) in [5, 5.41) is 1.81. The lowest BCUT2D eigenvalue weighted by atomic mass is 10.2. The SMILES string of the molecule is CC(N)c1cncn1Cc1csc(=O)[nH]1. The summed E-state index contributed by atoms with van der Waals surface area (Å²) < 4.78 is 1.93. The second-order valence-corrected chi connectivity index (χ2v) is 4.25. The molecule has 0 bridgehead atoms. The van der Waals surface area contributed by atoms with Crippen molar-refractivity contribution in [2.75, 3.05) is 0 Å². The Morgan fingerprint density at radius 1 is 1.73 bits per heavy atom. The summed E-state index contributed by atoms with van der Waals surface area (Å²) in [6.07, 6.45) is 3.46. The molecule has 2 rings (SSSR count). The van der Waals surface area contributed by atoms with Crippen molar-refractivity contribution in [3.05, 3.63) is 39.0 Å². The third-order valence-electron chi connectivity index (χ3n) is 2.12. The van der Waals surface area contributed by atoms with E-state index in [1.54, 1.807) is 12.5 Å². The summed E-state index contributed by atoms with van der Waals surface area (Å²) >= 11 is 1.16. The number of thiazole rings is 1. The predicted octanol–water partition coefficient (Wildman–Crippen LogP) is 0.701. The molecular formula is C9H12N4OS. The fourth-order valence-corrected chi connectivity index (χ4v) is 1.99. The number of nitrogens with two attached hydrogens (primary N) is 1. The van der Waals surface area contributed by atoms with Gasteiger partial charge in [-0.15, -0.1) is 0 Å². The van der Waals surface area contributed by atoms with Crippen molar-refractivity contribution in [1.82, 2.24) is 14.5 Å². The van der Waals surface area contributed by atoms with Crippen molar-refractivity contribution in [3.8, 4) is 0 Å². The molecule has 80 valence electrons. The van der Waals surface area contributed by atoms with E-state index in [1.807, 2.05) is 16.9 Å². The zero-order valence-corrected chi connectivity index (χ0v) is 9.12. The number of hydrogen-bond acceptors (Lipinski definition) is 4. The smallest absolute Gasteiger partial charge is 0.304 e. The topological polar surface area (TPSA) is 76.7 Å². The maximum absolute atomic E-state index is 11.0. The van der Waals surface area contributed by atoms with E-state index in [9.17, 15) is 4.79 Å². The first-order valence-electron chi connectivity index (χ1n) is 4.59. The Hall–Kier alpha value is -1.40. The summed E-state index contributed by atoms with van der Waals surface area (Å²) in [5.74, 6) is 0. The molecule has 0 saturated heterocycles. The van der Waals surface area contributed by atoms with E-state index in [0.717, 1.165) is 22.7 Å². The van der Waals surface area contributed by atoms with E-state index in [-0.39, 0.29) is 10.9 Å². The van der Waals surface area contributed by atoms with Crippen LogP contribution >= 0.6 is 11.3 Å². The lowest BCUT2D eigenvalue weighted by Crippen LogP contribution is -2.12. The summed E-state index contributed by atoms with van der Waals surface area (Å²) in [6, 6.07) is -0.0575. The van der Waals surface area contributed by atoms with Crippen molar-refractivity contribution in [3.63, 3.8) is 0 Å². The maximum atomic E-state index is 11.0. The number of nitrogens with zero attached hydrogens (tertiary/aromatic N) is 2. The minimum absolute atomic E-state index is 0.0348. The Bertz CT molecular complexity index is 496. The Morgan fingerprint density at radius 3 is 3.13 bits per heavy atom. The molecule has 1 unspecified atom stereocenters. The molecule has 1 atom stereocenters. The van der Waals surface area contributed by atoms with E-state index in [2.05, 4.69) is 9.97 Å². The molecule has 2 heterocycles. The van der Waals surface area contributed by atoms with E-state index in [1.165, 1.54) is 0 Å². The van der Waals surface area contributed by atoms with Crippen molar-refractivity contribution in [1.29, 1.82) is 0 Å². The second kappa shape index (κ2) is 4.00. The van der Waals surface area contributed by atoms with Crippen LogP contribution in [0.3, 0.4) is 0 Å². The molecule has 0 spiro atoms. The highest BCUT2D eigenvalue weighted by molar-refractivity contribution is 7.07. The van der Waals surface area contributed by atoms with Crippen molar-refractivity contribution >= 4 is 11.3 Å². The monoisotopic (exact) mass is 224 g/mol. The van der Waals surface area contributed by atoms with Gasteiger partial charge in [-0.1, -0.05) is 11.3 Å². The van der Waals surface area contributed by atoms with Crippen LogP contribution < -0.4 is 10.6 Å². The number of aromatic nitrogens is 3. The van der Waals surface area contributed by atoms with Crippen molar-refractivity contribution in [2.24, 2.45) is 5.73 Å². The summed E-state index contributed by atoms with van der Waals surface area (Å²) in [6.45, 7) is 2.51.